The van der Waals surface area contributed by atoms with Crippen LogP contribution in [0.15, 0.2) is 68.6 Å². The molecule has 2 aromatic heterocycles. The van der Waals surface area contributed by atoms with E-state index in [9.17, 15) is 8.42 Å². The van der Waals surface area contributed by atoms with Crippen molar-refractivity contribution in [2.75, 3.05) is 26.2 Å². The summed E-state index contributed by atoms with van der Waals surface area (Å²) < 4.78 is 37.5. The van der Waals surface area contributed by atoms with E-state index in [2.05, 4.69) is 5.16 Å². The normalized spacial score (nSPS) is 16.8. The van der Waals surface area contributed by atoms with Crippen molar-refractivity contribution in [2.45, 2.75) is 11.4 Å². The Kier molecular flexibility index (Phi) is 4.62. The van der Waals surface area contributed by atoms with Crippen molar-refractivity contribution < 1.29 is 22.3 Å². The highest BCUT2D eigenvalue weighted by Crippen LogP contribution is 2.20. The van der Waals surface area contributed by atoms with Crippen molar-refractivity contribution in [2.24, 2.45) is 0 Å². The van der Waals surface area contributed by atoms with Crippen LogP contribution in [-0.2, 0) is 16.6 Å². The third-order valence-electron chi connectivity index (χ3n) is 4.56. The zero-order valence-electron chi connectivity index (χ0n) is 14.2. The molecule has 26 heavy (non-hydrogen) atoms. The minimum absolute atomic E-state index is 0.350. The summed E-state index contributed by atoms with van der Waals surface area (Å²) >= 11 is 0. The number of benzene rings is 1. The first-order valence-electron chi connectivity index (χ1n) is 8.51. The number of nitrogens with zero attached hydrogens (tertiary/aromatic N) is 2. The van der Waals surface area contributed by atoms with E-state index in [0.29, 0.717) is 36.1 Å². The summed E-state index contributed by atoms with van der Waals surface area (Å²) in [6.45, 7) is 3.15. The van der Waals surface area contributed by atoms with Gasteiger partial charge in [0.15, 0.2) is 5.76 Å². The van der Waals surface area contributed by atoms with E-state index in [4.69, 9.17) is 8.94 Å². The Hall–Kier alpha value is -2.42. The van der Waals surface area contributed by atoms with Gasteiger partial charge in [-0.2, -0.15) is 4.31 Å². The number of aromatic nitrogens is 1. The number of hydrogen-bond donors (Lipinski definition) is 1. The highest BCUT2D eigenvalue weighted by molar-refractivity contribution is 7.89. The van der Waals surface area contributed by atoms with Gasteiger partial charge in [0.2, 0.25) is 15.8 Å². The Morgan fingerprint density at radius 1 is 1.04 bits per heavy atom. The Morgan fingerprint density at radius 2 is 1.81 bits per heavy atom. The van der Waals surface area contributed by atoms with Gasteiger partial charge in [0.1, 0.15) is 12.2 Å². The molecule has 0 aliphatic carbocycles. The van der Waals surface area contributed by atoms with Crippen molar-refractivity contribution in [1.82, 2.24) is 9.46 Å². The van der Waals surface area contributed by atoms with Gasteiger partial charge in [0, 0.05) is 6.07 Å². The van der Waals surface area contributed by atoms with E-state index >= 15 is 0 Å². The molecule has 0 unspecified atom stereocenters. The second-order valence-corrected chi connectivity index (χ2v) is 8.24. The monoisotopic (exact) mass is 374 g/mol. The average molecular weight is 374 g/mol. The molecule has 0 radical (unpaired) electrons. The first-order valence-corrected chi connectivity index (χ1v) is 9.95. The summed E-state index contributed by atoms with van der Waals surface area (Å²) in [5, 5.41) is 4.09. The Balaban J connectivity index is 1.37. The Labute approximate surface area is 151 Å². The molecular weight excluding hydrogens is 354 g/mol. The summed E-state index contributed by atoms with van der Waals surface area (Å²) in [6.07, 6.45) is 1.59. The number of furan rings is 1. The minimum atomic E-state index is -3.41. The summed E-state index contributed by atoms with van der Waals surface area (Å²) in [5.74, 6) is 1.26. The maximum atomic E-state index is 12.7. The molecule has 3 heterocycles. The minimum Gasteiger partial charge on any atom is -0.461 e. The predicted molar refractivity (Wildman–Crippen MR) is 93.8 cm³/mol. The fourth-order valence-electron chi connectivity index (χ4n) is 3.15. The van der Waals surface area contributed by atoms with Gasteiger partial charge in [0.25, 0.3) is 0 Å². The third-order valence-corrected chi connectivity index (χ3v) is 6.48. The van der Waals surface area contributed by atoms with Crippen LogP contribution in [0.25, 0.3) is 11.5 Å². The quantitative estimate of drug-likeness (QED) is 0.721. The summed E-state index contributed by atoms with van der Waals surface area (Å²) in [4.78, 5) is 1.63. The van der Waals surface area contributed by atoms with Crippen molar-refractivity contribution in [3.63, 3.8) is 0 Å². The van der Waals surface area contributed by atoms with E-state index < -0.39 is 10.0 Å². The van der Waals surface area contributed by atoms with Crippen LogP contribution in [0.1, 0.15) is 5.69 Å². The first-order chi connectivity index (χ1) is 12.6. The van der Waals surface area contributed by atoms with E-state index in [1.165, 1.54) is 4.90 Å². The number of sulfonamides is 1. The van der Waals surface area contributed by atoms with Crippen molar-refractivity contribution in [3.05, 3.63) is 60.5 Å². The molecule has 1 fully saturated rings. The highest BCUT2D eigenvalue weighted by Gasteiger charge is 2.30. The summed E-state index contributed by atoms with van der Waals surface area (Å²) in [7, 11) is -3.41. The number of quaternary nitrogens is 1. The van der Waals surface area contributed by atoms with Gasteiger partial charge < -0.3 is 13.8 Å². The first kappa shape index (κ1) is 17.0. The van der Waals surface area contributed by atoms with Crippen LogP contribution in [-0.4, -0.2) is 44.1 Å². The van der Waals surface area contributed by atoms with Crippen LogP contribution in [0.4, 0.5) is 0 Å². The number of nitrogens with one attached hydrogen (secondary N) is 1. The molecular formula is C18H20N3O4S+. The molecule has 0 amide bonds. The number of rotatable bonds is 5. The molecule has 0 saturated carbocycles. The molecule has 0 spiro atoms. The maximum Gasteiger partial charge on any atom is 0.243 e. The van der Waals surface area contributed by atoms with Gasteiger partial charge in [-0.25, -0.2) is 8.42 Å². The number of hydrogen-bond acceptors (Lipinski definition) is 5. The fourth-order valence-corrected chi connectivity index (χ4v) is 4.61. The van der Waals surface area contributed by atoms with Gasteiger partial charge in [-0.05, 0) is 24.3 Å². The van der Waals surface area contributed by atoms with Crippen LogP contribution in [0.2, 0.25) is 0 Å². The SMILES string of the molecule is O=S(=O)(c1ccccc1)N1CC[NH+](Cc2cc(-c3ccco3)on2)CC1. The zero-order chi connectivity index (χ0) is 18.0. The molecule has 1 saturated heterocycles. The number of piperazine rings is 1. The van der Waals surface area contributed by atoms with Crippen LogP contribution in [0.5, 0.6) is 0 Å². The summed E-state index contributed by atoms with van der Waals surface area (Å²) in [6, 6.07) is 14.1. The molecule has 1 aromatic carbocycles. The Morgan fingerprint density at radius 3 is 2.50 bits per heavy atom. The second kappa shape index (κ2) is 7.06. The molecule has 1 aliphatic heterocycles. The van der Waals surface area contributed by atoms with E-state index in [0.717, 1.165) is 18.8 Å². The van der Waals surface area contributed by atoms with E-state index in [1.54, 1.807) is 40.9 Å². The van der Waals surface area contributed by atoms with E-state index in [-0.39, 0.29) is 0 Å². The molecule has 1 aliphatic rings. The lowest BCUT2D eigenvalue weighted by Crippen LogP contribution is -3.13. The lowest BCUT2D eigenvalue weighted by Gasteiger charge is -2.31. The molecule has 3 aromatic rings. The molecule has 0 bridgehead atoms. The highest BCUT2D eigenvalue weighted by atomic mass is 32.2. The smallest absolute Gasteiger partial charge is 0.243 e. The fraction of sp³-hybridized carbons (Fsp3) is 0.278. The molecule has 1 N–H and O–H groups in total. The molecule has 7 nitrogen and oxygen atoms in total. The topological polar surface area (TPSA) is 81.0 Å². The predicted octanol–water partition coefficient (Wildman–Crippen LogP) is 1.02. The average Bonchev–Trinajstić information content (AvgIpc) is 3.34. The van der Waals surface area contributed by atoms with Crippen LogP contribution >= 0.6 is 0 Å². The molecule has 0 atom stereocenters. The van der Waals surface area contributed by atoms with Crippen LogP contribution < -0.4 is 4.90 Å². The lowest BCUT2D eigenvalue weighted by atomic mass is 10.3. The van der Waals surface area contributed by atoms with Crippen LogP contribution in [0.3, 0.4) is 0 Å². The lowest BCUT2D eigenvalue weighted by molar-refractivity contribution is -0.917. The second-order valence-electron chi connectivity index (χ2n) is 6.30. The van der Waals surface area contributed by atoms with Gasteiger partial charge in [0.05, 0.1) is 37.3 Å². The standard InChI is InChI=1S/C18H19N3O4S/c22-26(23,16-5-2-1-3-6-16)21-10-8-20(9-11-21)14-15-13-18(25-19-15)17-7-4-12-24-17/h1-7,12-13H,8-11,14H2/p+1. The van der Waals surface area contributed by atoms with E-state index in [1.807, 2.05) is 18.2 Å². The van der Waals surface area contributed by atoms with Gasteiger partial charge >= 0.3 is 0 Å². The summed E-state index contributed by atoms with van der Waals surface area (Å²) in [5.41, 5.74) is 0.839. The molecule has 4 rings (SSSR count). The van der Waals surface area contributed by atoms with Crippen molar-refractivity contribution in [3.8, 4) is 11.5 Å². The Bertz CT molecular complexity index is 944. The van der Waals surface area contributed by atoms with Crippen LogP contribution in [0, 0.1) is 0 Å². The van der Waals surface area contributed by atoms with Crippen molar-refractivity contribution >= 4 is 10.0 Å². The largest absolute Gasteiger partial charge is 0.461 e. The zero-order valence-corrected chi connectivity index (χ0v) is 15.0. The van der Waals surface area contributed by atoms with Gasteiger partial charge in [-0.3, -0.25) is 0 Å². The molecule has 136 valence electrons. The molecule has 8 heteroatoms. The van der Waals surface area contributed by atoms with Gasteiger partial charge in [-0.1, -0.05) is 23.4 Å². The third kappa shape index (κ3) is 3.44. The maximum absolute atomic E-state index is 12.7. The van der Waals surface area contributed by atoms with Gasteiger partial charge in [-0.15, -0.1) is 0 Å². The van der Waals surface area contributed by atoms with Crippen molar-refractivity contribution in [1.29, 1.82) is 0 Å².